The summed E-state index contributed by atoms with van der Waals surface area (Å²) in [5.74, 6) is -1.88. The number of amides is 3. The topological polar surface area (TPSA) is 145 Å². The summed E-state index contributed by atoms with van der Waals surface area (Å²) in [4.78, 5) is 36.7. The zero-order valence-corrected chi connectivity index (χ0v) is 16.4. The van der Waals surface area contributed by atoms with Gasteiger partial charge in [0.15, 0.2) is 0 Å². The van der Waals surface area contributed by atoms with Gasteiger partial charge in [-0.2, -0.15) is 0 Å². The van der Waals surface area contributed by atoms with Gasteiger partial charge in [-0.05, 0) is 25.7 Å². The van der Waals surface area contributed by atoms with E-state index < -0.39 is 35.3 Å². The van der Waals surface area contributed by atoms with E-state index >= 15 is 0 Å². The van der Waals surface area contributed by atoms with E-state index in [1.165, 1.54) is 6.92 Å². The fraction of sp³-hybridized carbons (Fsp3) is 0.714. The van der Waals surface area contributed by atoms with Crippen LogP contribution in [0.4, 0.5) is 0 Å². The second-order valence-corrected chi connectivity index (χ2v) is 5.27. The van der Waals surface area contributed by atoms with Crippen LogP contribution < -0.4 is 45.7 Å². The Balaban J connectivity index is 0. The largest absolute Gasteiger partial charge is 1.00 e. The summed E-state index contributed by atoms with van der Waals surface area (Å²) in [6.07, 6.45) is 1.01. The van der Waals surface area contributed by atoms with Crippen LogP contribution in [0.25, 0.3) is 0 Å². The molecule has 0 spiro atoms. The minimum absolute atomic E-state index is 0. The number of aliphatic hydroxyl groups excluding tert-OH is 1. The van der Waals surface area contributed by atoms with Crippen molar-refractivity contribution in [1.82, 2.24) is 5.32 Å². The third-order valence-corrected chi connectivity index (χ3v) is 3.74. The molecule has 9 heteroatoms. The third kappa shape index (κ3) is 6.21. The van der Waals surface area contributed by atoms with Crippen LogP contribution in [0.3, 0.4) is 0 Å². The Morgan fingerprint density at radius 2 is 1.87 bits per heavy atom. The molecule has 0 saturated heterocycles. The minimum Gasteiger partial charge on any atom is -0.846 e. The Morgan fingerprint density at radius 1 is 1.39 bits per heavy atom. The van der Waals surface area contributed by atoms with Gasteiger partial charge in [0.25, 0.3) is 5.91 Å². The summed E-state index contributed by atoms with van der Waals surface area (Å²) < 4.78 is 0. The Hall–Kier alpha value is -0.960. The van der Waals surface area contributed by atoms with Crippen LogP contribution >= 0.6 is 0 Å². The van der Waals surface area contributed by atoms with Crippen molar-refractivity contribution >= 4 is 23.7 Å². The molecule has 3 unspecified atom stereocenters. The standard InChI is InChI=1S/C11H18N2O3.C3H7NO2.Na/c1-4-6-7(3)11(5-2)8(14)12-10(16)13-9(11)15;1-2(5)3(4)6;/h7H,4-6H2,1-3H3,(H2,12,13,14,15,16);2,5H,1H3,(H2,4,6);/q;;+1/p-1. The van der Waals surface area contributed by atoms with Gasteiger partial charge in [0.1, 0.15) is 11.5 Å². The van der Waals surface area contributed by atoms with Gasteiger partial charge >= 0.3 is 29.6 Å². The molecule has 3 atom stereocenters. The Labute approximate surface area is 158 Å². The molecule has 8 nitrogen and oxygen atoms in total. The van der Waals surface area contributed by atoms with E-state index in [1.807, 2.05) is 13.8 Å². The van der Waals surface area contributed by atoms with Crippen molar-refractivity contribution in [2.45, 2.75) is 53.1 Å². The van der Waals surface area contributed by atoms with Crippen molar-refractivity contribution in [2.75, 3.05) is 0 Å². The molecule has 0 radical (unpaired) electrons. The number of carbonyl (C=O) groups excluding carboxylic acids is 3. The summed E-state index contributed by atoms with van der Waals surface area (Å²) in [6.45, 7) is 6.94. The Bertz CT molecular complexity index is 467. The predicted molar refractivity (Wildman–Crippen MR) is 78.3 cm³/mol. The molecule has 1 aliphatic heterocycles. The second-order valence-electron chi connectivity index (χ2n) is 5.27. The van der Waals surface area contributed by atoms with Crippen LogP contribution in [0.2, 0.25) is 0 Å². The average molecular weight is 337 g/mol. The molecule has 3 amide bonds. The number of primary amides is 1. The van der Waals surface area contributed by atoms with Crippen molar-refractivity contribution in [3.63, 3.8) is 0 Å². The smallest absolute Gasteiger partial charge is 0.846 e. The molecule has 0 aromatic heterocycles. The summed E-state index contributed by atoms with van der Waals surface area (Å²) >= 11 is 0. The number of nitrogens with one attached hydrogen (secondary N) is 1. The predicted octanol–water partition coefficient (Wildman–Crippen LogP) is -3.95. The minimum atomic E-state index is -1.15. The first-order valence-corrected chi connectivity index (χ1v) is 7.22. The van der Waals surface area contributed by atoms with Crippen LogP contribution in [0.15, 0.2) is 4.99 Å². The average Bonchev–Trinajstić information content (AvgIpc) is 2.39. The van der Waals surface area contributed by atoms with Gasteiger partial charge < -0.3 is 21.3 Å². The number of nitrogens with two attached hydrogens (primary N) is 1. The fourth-order valence-corrected chi connectivity index (χ4v) is 2.30. The van der Waals surface area contributed by atoms with E-state index in [0.717, 1.165) is 12.8 Å². The van der Waals surface area contributed by atoms with Crippen molar-refractivity contribution in [1.29, 1.82) is 0 Å². The molecule has 0 aliphatic carbocycles. The number of rotatable bonds is 5. The number of amidine groups is 1. The molecule has 1 aliphatic rings. The number of carbonyl (C=O) groups is 3. The quantitative estimate of drug-likeness (QED) is 0.346. The van der Waals surface area contributed by atoms with Crippen molar-refractivity contribution in [3.05, 3.63) is 0 Å². The fourth-order valence-electron chi connectivity index (χ4n) is 2.30. The molecule has 23 heavy (non-hydrogen) atoms. The maximum absolute atomic E-state index is 11.9. The maximum atomic E-state index is 11.9. The number of nitrogens with zero attached hydrogens (tertiary/aromatic N) is 1. The molecule has 4 N–H and O–H groups in total. The molecule has 1 heterocycles. The Morgan fingerprint density at radius 3 is 2.17 bits per heavy atom. The van der Waals surface area contributed by atoms with Crippen molar-refractivity contribution in [2.24, 2.45) is 22.1 Å². The number of aliphatic imine (C=N–C) groups is 1. The van der Waals surface area contributed by atoms with Gasteiger partial charge in [0, 0.05) is 0 Å². The van der Waals surface area contributed by atoms with Gasteiger partial charge in [0.2, 0.25) is 11.8 Å². The van der Waals surface area contributed by atoms with Crippen LogP contribution in [0.1, 0.15) is 47.0 Å². The van der Waals surface area contributed by atoms with Crippen LogP contribution in [-0.4, -0.2) is 35.0 Å². The molecule has 0 aromatic carbocycles. The van der Waals surface area contributed by atoms with Crippen LogP contribution in [0.5, 0.6) is 0 Å². The first-order valence-electron chi connectivity index (χ1n) is 7.22. The van der Waals surface area contributed by atoms with Crippen molar-refractivity contribution < 1.29 is 54.2 Å². The molecular weight excluding hydrogens is 313 g/mol. The molecular formula is C14H24N3NaO5. The first-order chi connectivity index (χ1) is 10.1. The van der Waals surface area contributed by atoms with E-state index in [-0.39, 0.29) is 35.5 Å². The number of hydrogen-bond donors (Lipinski definition) is 3. The zero-order valence-electron chi connectivity index (χ0n) is 14.4. The zero-order chi connectivity index (χ0) is 17.5. The Kier molecular flexibility index (Phi) is 11.4. The van der Waals surface area contributed by atoms with Gasteiger partial charge in [-0.15, -0.1) is 0 Å². The number of aliphatic hydroxyl groups is 1. The van der Waals surface area contributed by atoms with Gasteiger partial charge in [-0.3, -0.25) is 14.4 Å². The van der Waals surface area contributed by atoms with Gasteiger partial charge in [0.05, 0.1) is 6.02 Å². The van der Waals surface area contributed by atoms with Crippen LogP contribution in [0, 0.1) is 11.3 Å². The second kappa shape index (κ2) is 10.7. The molecule has 0 saturated carbocycles. The van der Waals surface area contributed by atoms with E-state index in [1.54, 1.807) is 6.92 Å². The van der Waals surface area contributed by atoms with E-state index in [9.17, 15) is 19.5 Å². The van der Waals surface area contributed by atoms with Crippen molar-refractivity contribution in [3.8, 4) is 0 Å². The normalized spacial score (nSPS) is 22.6. The van der Waals surface area contributed by atoms with Gasteiger partial charge in [-0.1, -0.05) is 27.2 Å². The first kappa shape index (κ1) is 24.3. The summed E-state index contributed by atoms with van der Waals surface area (Å²) in [5, 5.41) is 21.2. The SMILES string of the molecule is CC(O)C(N)=O.CCCC(C)C1(CC)C(=O)N=C([O-])NC1=O.[Na+]. The summed E-state index contributed by atoms with van der Waals surface area (Å²) in [7, 11) is 0. The van der Waals surface area contributed by atoms with Crippen LogP contribution in [-0.2, 0) is 14.4 Å². The van der Waals surface area contributed by atoms with E-state index in [4.69, 9.17) is 5.11 Å². The summed E-state index contributed by atoms with van der Waals surface area (Å²) in [6, 6.07) is -0.845. The van der Waals surface area contributed by atoms with E-state index in [2.05, 4.69) is 16.0 Å². The van der Waals surface area contributed by atoms with Gasteiger partial charge in [-0.25, -0.2) is 4.99 Å². The maximum Gasteiger partial charge on any atom is 1.00 e. The molecule has 0 aromatic rings. The molecule has 0 bridgehead atoms. The molecule has 1 rings (SSSR count). The number of hydrogen-bond acceptors (Lipinski definition) is 5. The molecule has 126 valence electrons. The van der Waals surface area contributed by atoms with E-state index in [0.29, 0.717) is 6.42 Å². The molecule has 0 fully saturated rings. The third-order valence-electron chi connectivity index (χ3n) is 3.74. The summed E-state index contributed by atoms with van der Waals surface area (Å²) in [5.41, 5.74) is 3.40. The monoisotopic (exact) mass is 337 g/mol.